The summed E-state index contributed by atoms with van der Waals surface area (Å²) >= 11 is 0. The van der Waals surface area contributed by atoms with Crippen LogP contribution in [0, 0.1) is 0 Å². The number of hydrogen-bond acceptors (Lipinski definition) is 17. The fourth-order valence-electron chi connectivity index (χ4n) is 7.80. The highest BCUT2D eigenvalue weighted by molar-refractivity contribution is 6.13. The van der Waals surface area contributed by atoms with E-state index in [4.69, 9.17) is 38.1 Å². The molecule has 5 amide bonds. The van der Waals surface area contributed by atoms with Gasteiger partial charge in [0, 0.05) is 80.0 Å². The van der Waals surface area contributed by atoms with E-state index < -0.39 is 34.9 Å². The van der Waals surface area contributed by atoms with Crippen molar-refractivity contribution < 1.29 is 71.8 Å². The van der Waals surface area contributed by atoms with E-state index in [-0.39, 0.29) is 133 Å². The van der Waals surface area contributed by atoms with Crippen LogP contribution in [0.15, 0.2) is 35.1 Å². The monoisotopic (exact) mass is 932 g/mol. The summed E-state index contributed by atoms with van der Waals surface area (Å²) in [6.07, 6.45) is 2.11. The highest BCUT2D eigenvalue weighted by Crippen LogP contribution is 2.43. The highest BCUT2D eigenvalue weighted by Gasteiger charge is 2.45. The number of pyridine rings is 2. The van der Waals surface area contributed by atoms with Gasteiger partial charge in [0.1, 0.15) is 6.61 Å². The number of hydrogen-bond donors (Lipinski definition) is 4. The molecule has 22 heteroatoms. The van der Waals surface area contributed by atoms with Crippen LogP contribution in [0.3, 0.4) is 0 Å². The number of Topliss-reactive ketones (excluding diaryl/α,β-unsaturated/α-hetero) is 1. The number of aliphatic hydroxyl groups is 1. The van der Waals surface area contributed by atoms with E-state index in [2.05, 4.69) is 16.0 Å². The molecule has 4 aliphatic heterocycles. The first kappa shape index (κ1) is 48.3. The van der Waals surface area contributed by atoms with Gasteiger partial charge in [-0.3, -0.25) is 38.5 Å². The van der Waals surface area contributed by atoms with Crippen molar-refractivity contribution in [3.8, 4) is 22.9 Å². The molecule has 67 heavy (non-hydrogen) atoms. The number of aromatic nitrogens is 2. The van der Waals surface area contributed by atoms with Gasteiger partial charge in [0.2, 0.25) is 24.5 Å². The molecule has 7 rings (SSSR count). The van der Waals surface area contributed by atoms with Crippen LogP contribution in [0.2, 0.25) is 0 Å². The van der Waals surface area contributed by atoms with Gasteiger partial charge in [0.25, 0.3) is 17.4 Å². The maximum Gasteiger partial charge on any atom is 0.343 e. The quantitative estimate of drug-likeness (QED) is 0.0360. The first-order valence-corrected chi connectivity index (χ1v) is 22.0. The molecule has 22 nitrogen and oxygen atoms in total. The third kappa shape index (κ3) is 11.5. The summed E-state index contributed by atoms with van der Waals surface area (Å²) in [4.78, 5) is 105. The average molecular weight is 933 g/mol. The second-order valence-electron chi connectivity index (χ2n) is 15.8. The number of amides is 5. The molecular formula is C45H52N6O16. The fraction of sp³-hybridized carbons (Fsp3) is 0.489. The fourth-order valence-corrected chi connectivity index (χ4v) is 7.80. The van der Waals surface area contributed by atoms with Crippen LogP contribution in [0.25, 0.3) is 22.3 Å². The Balaban J connectivity index is 0.755. The number of rotatable bonds is 26. The summed E-state index contributed by atoms with van der Waals surface area (Å²) in [5.74, 6) is -2.15. The van der Waals surface area contributed by atoms with E-state index in [9.17, 15) is 43.5 Å². The summed E-state index contributed by atoms with van der Waals surface area (Å²) < 4.78 is 39.6. The molecule has 0 radical (unpaired) electrons. The number of imide groups is 1. The van der Waals surface area contributed by atoms with Crippen LogP contribution < -0.4 is 31.0 Å². The van der Waals surface area contributed by atoms with Gasteiger partial charge in [-0.2, -0.15) is 0 Å². The predicted octanol–water partition coefficient (Wildman–Crippen LogP) is -0.222. The molecule has 0 fully saturated rings. The summed E-state index contributed by atoms with van der Waals surface area (Å²) in [6, 6.07) is 5.09. The van der Waals surface area contributed by atoms with E-state index in [0.29, 0.717) is 71.3 Å². The molecule has 0 saturated heterocycles. The molecule has 2 aromatic heterocycles. The van der Waals surface area contributed by atoms with E-state index in [1.807, 2.05) is 0 Å². The van der Waals surface area contributed by atoms with Gasteiger partial charge >= 0.3 is 5.97 Å². The Morgan fingerprint density at radius 3 is 2.09 bits per heavy atom. The summed E-state index contributed by atoms with van der Waals surface area (Å²) in [5, 5.41) is 20.0. The van der Waals surface area contributed by atoms with Crippen molar-refractivity contribution >= 4 is 52.2 Å². The average Bonchev–Trinajstić information content (AvgIpc) is 4.03. The van der Waals surface area contributed by atoms with Crippen molar-refractivity contribution in [2.24, 2.45) is 0 Å². The maximum atomic E-state index is 13.8. The van der Waals surface area contributed by atoms with E-state index in [1.54, 1.807) is 25.1 Å². The molecule has 0 bridgehead atoms. The van der Waals surface area contributed by atoms with Gasteiger partial charge < -0.3 is 58.8 Å². The second kappa shape index (κ2) is 22.3. The van der Waals surface area contributed by atoms with E-state index >= 15 is 0 Å². The standard InChI is InChI=1S/C45H52N6O16/c1-2-45(60)32-20-34-42-30(24-51(34)43(58)31(32)25-65-44(45)59)29(28-19-35-36(67-26-66-35)21-33(28)49-42)23-48-37(53)4-3-27(52)22-47-39(55)8-11-61-13-15-63-17-18-64-16-14-62-12-9-46-38(54)7-10-50-40(56)5-6-41(50)57/h5-6,19-21,60H,2-4,7-18,22-26H2,1H3,(H,46,54)(H,47,55)(H,48,53)/t45-/m0/s1. The number of ketones is 1. The largest absolute Gasteiger partial charge is 0.458 e. The number of esters is 1. The molecule has 6 heterocycles. The molecule has 0 saturated carbocycles. The van der Waals surface area contributed by atoms with Crippen molar-refractivity contribution in [1.29, 1.82) is 0 Å². The topological polar surface area (TPSA) is 279 Å². The van der Waals surface area contributed by atoms with Crippen molar-refractivity contribution in [3.05, 3.63) is 63.0 Å². The predicted molar refractivity (Wildman–Crippen MR) is 231 cm³/mol. The van der Waals surface area contributed by atoms with Gasteiger partial charge in [-0.1, -0.05) is 6.92 Å². The summed E-state index contributed by atoms with van der Waals surface area (Å²) in [7, 11) is 0. The molecule has 0 aliphatic carbocycles. The van der Waals surface area contributed by atoms with Crippen LogP contribution in [0.1, 0.15) is 61.3 Å². The maximum absolute atomic E-state index is 13.8. The number of cyclic esters (lactones) is 1. The Morgan fingerprint density at radius 1 is 0.746 bits per heavy atom. The smallest absolute Gasteiger partial charge is 0.343 e. The lowest BCUT2D eigenvalue weighted by Gasteiger charge is -2.31. The highest BCUT2D eigenvalue weighted by atomic mass is 16.7. The first-order chi connectivity index (χ1) is 32.4. The molecular weight excluding hydrogens is 881 g/mol. The number of carbonyl (C=O) groups excluding carboxylic acids is 7. The van der Waals surface area contributed by atoms with Crippen molar-refractivity contribution in [2.45, 2.75) is 64.3 Å². The minimum Gasteiger partial charge on any atom is -0.458 e. The van der Waals surface area contributed by atoms with Gasteiger partial charge in [0.15, 0.2) is 22.9 Å². The lowest BCUT2D eigenvalue weighted by molar-refractivity contribution is -0.172. The number of nitrogens with zero attached hydrogens (tertiary/aromatic N) is 3. The lowest BCUT2D eigenvalue weighted by Crippen LogP contribution is -2.44. The Morgan fingerprint density at radius 2 is 1.39 bits per heavy atom. The zero-order valence-corrected chi connectivity index (χ0v) is 36.9. The van der Waals surface area contributed by atoms with Crippen LogP contribution in [0.5, 0.6) is 11.5 Å². The zero-order chi connectivity index (χ0) is 47.5. The van der Waals surface area contributed by atoms with E-state index in [1.165, 1.54) is 16.7 Å². The van der Waals surface area contributed by atoms with Crippen LogP contribution in [0.4, 0.5) is 0 Å². The molecule has 358 valence electrons. The molecule has 1 aromatic carbocycles. The lowest BCUT2D eigenvalue weighted by atomic mass is 9.86. The van der Waals surface area contributed by atoms with Crippen molar-refractivity contribution in [3.63, 3.8) is 0 Å². The summed E-state index contributed by atoms with van der Waals surface area (Å²) in [6.45, 7) is 3.74. The Labute approximate surface area is 383 Å². The molecule has 4 N–H and O–H groups in total. The van der Waals surface area contributed by atoms with Crippen LogP contribution in [-0.2, 0) is 82.5 Å². The number of carbonyl (C=O) groups is 7. The van der Waals surface area contributed by atoms with E-state index in [0.717, 1.165) is 4.90 Å². The third-order valence-electron chi connectivity index (χ3n) is 11.5. The number of ether oxygens (including phenoxy) is 7. The number of nitrogens with one attached hydrogen (secondary N) is 3. The molecule has 3 aromatic rings. The summed E-state index contributed by atoms with van der Waals surface area (Å²) in [5.41, 5.74) is 0.622. The van der Waals surface area contributed by atoms with Gasteiger partial charge in [-0.15, -0.1) is 0 Å². The van der Waals surface area contributed by atoms with Gasteiger partial charge in [-0.05, 0) is 24.1 Å². The van der Waals surface area contributed by atoms with Gasteiger partial charge in [0.05, 0.1) is 88.4 Å². The Hall–Kier alpha value is -6.59. The normalized spacial score (nSPS) is 16.5. The first-order valence-electron chi connectivity index (χ1n) is 22.0. The molecule has 0 spiro atoms. The van der Waals surface area contributed by atoms with Crippen molar-refractivity contribution in [1.82, 2.24) is 30.4 Å². The minimum atomic E-state index is -1.99. The zero-order valence-electron chi connectivity index (χ0n) is 36.9. The van der Waals surface area contributed by atoms with Crippen molar-refractivity contribution in [2.75, 3.05) is 79.3 Å². The van der Waals surface area contributed by atoms with Crippen LogP contribution in [-0.4, -0.2) is 140 Å². The Bertz CT molecular complexity index is 2500. The minimum absolute atomic E-state index is 0.00577. The molecule has 4 aliphatic rings. The Kier molecular flexibility index (Phi) is 16.1. The molecule has 0 unspecified atom stereocenters. The third-order valence-corrected chi connectivity index (χ3v) is 11.5. The van der Waals surface area contributed by atoms with Crippen LogP contribution >= 0.6 is 0 Å². The second-order valence-corrected chi connectivity index (χ2v) is 15.8. The number of fused-ring (bicyclic) bond motifs is 6. The SMILES string of the molecule is CC[C@@]1(O)C(=O)OCc2c1cc1n(c2=O)Cc2c-1nc1cc3c(cc1c2CNC(=O)CCC(=O)CNC(=O)CCOCCOCCOCCOCCNC(=O)CCN1C(=O)C=CC1=O)OCO3. The van der Waals surface area contributed by atoms with Gasteiger partial charge in [-0.25, -0.2) is 9.78 Å². The molecule has 1 atom stereocenters. The number of benzene rings is 1.